The van der Waals surface area contributed by atoms with Gasteiger partial charge in [0.1, 0.15) is 17.5 Å². The molecule has 1 amide bonds. The van der Waals surface area contributed by atoms with Crippen molar-refractivity contribution >= 4 is 5.91 Å². The van der Waals surface area contributed by atoms with Gasteiger partial charge in [-0.05, 0) is 55.7 Å². The Morgan fingerprint density at radius 3 is 2.75 bits per heavy atom. The fraction of sp³-hybridized carbons (Fsp3) is 0.591. The fourth-order valence-corrected chi connectivity index (χ4v) is 4.98. The smallest absolute Gasteiger partial charge is 0.226 e. The molecular weight excluding hydrogens is 355 g/mol. The van der Waals surface area contributed by atoms with Gasteiger partial charge in [0.15, 0.2) is 0 Å². The molecule has 1 aromatic carbocycles. The van der Waals surface area contributed by atoms with E-state index in [2.05, 4.69) is 14.8 Å². The molecule has 2 aliphatic heterocycles. The number of hydrogen-bond donors (Lipinski definition) is 0. The maximum Gasteiger partial charge on any atom is 0.226 e. The lowest BCUT2D eigenvalue weighted by atomic mass is 9.96. The third-order valence-electron chi connectivity index (χ3n) is 6.64. The summed E-state index contributed by atoms with van der Waals surface area (Å²) >= 11 is 0. The Kier molecular flexibility index (Phi) is 4.65. The van der Waals surface area contributed by atoms with E-state index in [-0.39, 0.29) is 23.6 Å². The van der Waals surface area contributed by atoms with Crippen molar-refractivity contribution < 1.29 is 9.18 Å². The summed E-state index contributed by atoms with van der Waals surface area (Å²) < 4.78 is 15.5. The van der Waals surface area contributed by atoms with E-state index >= 15 is 0 Å². The average Bonchev–Trinajstić information content (AvgIpc) is 3.47. The maximum atomic E-state index is 13.2. The first-order chi connectivity index (χ1) is 13.7. The van der Waals surface area contributed by atoms with Crippen molar-refractivity contribution in [2.45, 2.75) is 63.3 Å². The van der Waals surface area contributed by atoms with Crippen LogP contribution >= 0.6 is 0 Å². The van der Waals surface area contributed by atoms with Gasteiger partial charge < -0.3 is 9.47 Å². The van der Waals surface area contributed by atoms with Crippen molar-refractivity contribution in [3.05, 3.63) is 47.3 Å². The SMILES string of the molecule is O=C(C1CC1c1ccc(F)cc1)N1CCCC(c2nnc3n2CCCCC3)C1. The number of halogens is 1. The number of hydrogen-bond acceptors (Lipinski definition) is 3. The van der Waals surface area contributed by atoms with Crippen molar-refractivity contribution in [2.24, 2.45) is 5.92 Å². The number of benzene rings is 1. The van der Waals surface area contributed by atoms with Crippen molar-refractivity contribution in [1.29, 1.82) is 0 Å². The molecule has 1 saturated heterocycles. The Bertz CT molecular complexity index is 862. The van der Waals surface area contributed by atoms with E-state index in [1.165, 1.54) is 31.4 Å². The topological polar surface area (TPSA) is 51.0 Å². The Morgan fingerprint density at radius 1 is 1.04 bits per heavy atom. The number of aryl methyl sites for hydroxylation is 1. The number of fused-ring (bicyclic) bond motifs is 1. The molecule has 0 bridgehead atoms. The van der Waals surface area contributed by atoms with Crippen LogP contribution in [0.1, 0.15) is 67.6 Å². The standard InChI is InChI=1S/C22H27FN4O/c23-17-9-7-15(8-10-17)18-13-19(18)22(28)26-11-4-5-16(14-26)21-25-24-20-6-2-1-3-12-27(20)21/h7-10,16,18-19H,1-6,11-14H2. The van der Waals surface area contributed by atoms with Gasteiger partial charge in [-0.3, -0.25) is 4.79 Å². The number of aromatic nitrogens is 3. The number of carbonyl (C=O) groups excluding carboxylic acids is 1. The Hall–Kier alpha value is -2.24. The van der Waals surface area contributed by atoms with Gasteiger partial charge in [0.25, 0.3) is 0 Å². The van der Waals surface area contributed by atoms with Gasteiger partial charge in [0.2, 0.25) is 5.91 Å². The van der Waals surface area contributed by atoms with Crippen LogP contribution in [0.2, 0.25) is 0 Å². The Balaban J connectivity index is 1.27. The molecule has 0 N–H and O–H groups in total. The van der Waals surface area contributed by atoms with Crippen LogP contribution in [0.3, 0.4) is 0 Å². The molecule has 1 saturated carbocycles. The zero-order valence-corrected chi connectivity index (χ0v) is 16.2. The number of amides is 1. The van der Waals surface area contributed by atoms with Crippen LogP contribution in [0.4, 0.5) is 4.39 Å². The first-order valence-corrected chi connectivity index (χ1v) is 10.7. The second-order valence-corrected chi connectivity index (χ2v) is 8.56. The second-order valence-electron chi connectivity index (χ2n) is 8.56. The Labute approximate surface area is 164 Å². The highest BCUT2D eigenvalue weighted by Gasteiger charge is 2.46. The number of rotatable bonds is 3. The quantitative estimate of drug-likeness (QED) is 0.814. The minimum atomic E-state index is -0.224. The third-order valence-corrected chi connectivity index (χ3v) is 6.64. The molecule has 3 unspecified atom stereocenters. The summed E-state index contributed by atoms with van der Waals surface area (Å²) in [5.41, 5.74) is 1.08. The number of piperidine rings is 1. The summed E-state index contributed by atoms with van der Waals surface area (Å²) in [6, 6.07) is 6.61. The molecule has 6 heteroatoms. The molecule has 148 valence electrons. The predicted molar refractivity (Wildman–Crippen MR) is 103 cm³/mol. The molecule has 5 nitrogen and oxygen atoms in total. The van der Waals surface area contributed by atoms with Gasteiger partial charge in [0.05, 0.1) is 0 Å². The highest BCUT2D eigenvalue weighted by Crippen LogP contribution is 2.49. The molecule has 2 aromatic rings. The fourth-order valence-electron chi connectivity index (χ4n) is 4.98. The first-order valence-electron chi connectivity index (χ1n) is 10.7. The molecule has 3 heterocycles. The van der Waals surface area contributed by atoms with E-state index in [9.17, 15) is 9.18 Å². The normalized spacial score (nSPS) is 27.2. The lowest BCUT2D eigenvalue weighted by molar-refractivity contribution is -0.133. The lowest BCUT2D eigenvalue weighted by Crippen LogP contribution is -2.40. The minimum absolute atomic E-state index is 0.0553. The van der Waals surface area contributed by atoms with Gasteiger partial charge >= 0.3 is 0 Å². The second kappa shape index (κ2) is 7.30. The van der Waals surface area contributed by atoms with Gasteiger partial charge in [-0.1, -0.05) is 18.6 Å². The van der Waals surface area contributed by atoms with Crippen LogP contribution in [0.5, 0.6) is 0 Å². The van der Waals surface area contributed by atoms with Crippen LogP contribution in [0.15, 0.2) is 24.3 Å². The monoisotopic (exact) mass is 382 g/mol. The van der Waals surface area contributed by atoms with E-state index in [4.69, 9.17) is 0 Å². The summed E-state index contributed by atoms with van der Waals surface area (Å²) in [7, 11) is 0. The predicted octanol–water partition coefficient (Wildman–Crippen LogP) is 3.65. The highest BCUT2D eigenvalue weighted by molar-refractivity contribution is 5.83. The molecule has 1 aromatic heterocycles. The number of nitrogens with zero attached hydrogens (tertiary/aromatic N) is 4. The van der Waals surface area contributed by atoms with Gasteiger partial charge in [-0.2, -0.15) is 0 Å². The van der Waals surface area contributed by atoms with Gasteiger partial charge in [-0.25, -0.2) is 4.39 Å². The molecule has 28 heavy (non-hydrogen) atoms. The van der Waals surface area contributed by atoms with Crippen LogP contribution in [-0.4, -0.2) is 38.7 Å². The lowest BCUT2D eigenvalue weighted by Gasteiger charge is -2.32. The van der Waals surface area contributed by atoms with E-state index < -0.39 is 0 Å². The number of carbonyl (C=O) groups is 1. The van der Waals surface area contributed by atoms with Crippen molar-refractivity contribution in [3.63, 3.8) is 0 Å². The molecule has 0 spiro atoms. The van der Waals surface area contributed by atoms with Crippen molar-refractivity contribution in [2.75, 3.05) is 13.1 Å². The summed E-state index contributed by atoms with van der Waals surface area (Å²) in [6.45, 7) is 2.60. The number of likely N-dealkylation sites (tertiary alicyclic amines) is 1. The third kappa shape index (κ3) is 3.33. The largest absolute Gasteiger partial charge is 0.342 e. The summed E-state index contributed by atoms with van der Waals surface area (Å²) in [5.74, 6) is 2.83. The molecule has 5 rings (SSSR count). The molecule has 3 aliphatic rings. The maximum absolute atomic E-state index is 13.2. The van der Waals surface area contributed by atoms with E-state index in [1.54, 1.807) is 0 Å². The molecule has 0 radical (unpaired) electrons. The summed E-state index contributed by atoms with van der Waals surface area (Å²) in [4.78, 5) is 15.1. The minimum Gasteiger partial charge on any atom is -0.342 e. The van der Waals surface area contributed by atoms with Crippen molar-refractivity contribution in [3.8, 4) is 0 Å². The van der Waals surface area contributed by atoms with E-state index in [1.807, 2.05) is 17.0 Å². The summed E-state index contributed by atoms with van der Waals surface area (Å²) in [5, 5.41) is 8.97. The average molecular weight is 382 g/mol. The van der Waals surface area contributed by atoms with E-state index in [0.717, 1.165) is 62.5 Å². The van der Waals surface area contributed by atoms with Crippen LogP contribution in [0.25, 0.3) is 0 Å². The molecule has 2 fully saturated rings. The van der Waals surface area contributed by atoms with Crippen LogP contribution in [0, 0.1) is 11.7 Å². The summed E-state index contributed by atoms with van der Waals surface area (Å²) in [6.07, 6.45) is 7.63. The Morgan fingerprint density at radius 2 is 1.89 bits per heavy atom. The zero-order valence-electron chi connectivity index (χ0n) is 16.2. The van der Waals surface area contributed by atoms with Crippen molar-refractivity contribution in [1.82, 2.24) is 19.7 Å². The van der Waals surface area contributed by atoms with Gasteiger partial charge in [-0.15, -0.1) is 10.2 Å². The van der Waals surface area contributed by atoms with Crippen LogP contribution < -0.4 is 0 Å². The highest BCUT2D eigenvalue weighted by atomic mass is 19.1. The zero-order chi connectivity index (χ0) is 19.1. The molecule has 3 atom stereocenters. The van der Waals surface area contributed by atoms with Crippen LogP contribution in [-0.2, 0) is 17.8 Å². The first kappa shape index (κ1) is 17.8. The molecule has 1 aliphatic carbocycles. The van der Waals surface area contributed by atoms with E-state index in [0.29, 0.717) is 5.92 Å². The molecular formula is C22H27FN4O. The van der Waals surface area contributed by atoms with Gasteiger partial charge in [0, 0.05) is 37.9 Å².